The van der Waals surface area contributed by atoms with Crippen LogP contribution in [-0.2, 0) is 0 Å². The lowest BCUT2D eigenvalue weighted by Gasteiger charge is -2.05. The first kappa shape index (κ1) is 14.9. The molecule has 0 saturated heterocycles. The number of nitrogens with one attached hydrogen (secondary N) is 2. The molecule has 0 fully saturated rings. The van der Waals surface area contributed by atoms with E-state index in [1.165, 1.54) is 0 Å². The number of carbonyl (C=O) groups excluding carboxylic acids is 1. The molecular weight excluding hydrogens is 322 g/mol. The summed E-state index contributed by atoms with van der Waals surface area (Å²) in [5.74, 6) is 4.35. The van der Waals surface area contributed by atoms with Gasteiger partial charge < -0.3 is 19.5 Å². The molecule has 0 radical (unpaired) electrons. The number of H-pyrrole nitrogens is 1. The molecule has 7 nitrogen and oxygen atoms in total. The van der Waals surface area contributed by atoms with Crippen LogP contribution in [0, 0.1) is 12.3 Å². The van der Waals surface area contributed by atoms with E-state index in [4.69, 9.17) is 20.6 Å². The highest BCUT2D eigenvalue weighted by Crippen LogP contribution is 2.33. The molecule has 0 unspecified atom stereocenters. The third-order valence-electron chi connectivity index (χ3n) is 3.72. The number of amides is 1. The van der Waals surface area contributed by atoms with E-state index in [-0.39, 0.29) is 19.3 Å². The molecule has 3 aromatic rings. The van der Waals surface area contributed by atoms with Crippen molar-refractivity contribution < 1.29 is 19.0 Å². The number of ether oxygens (including phenoxy) is 3. The summed E-state index contributed by atoms with van der Waals surface area (Å²) in [6.45, 7) is 0.349. The second-order valence-electron chi connectivity index (χ2n) is 5.29. The minimum atomic E-state index is -0.292. The van der Waals surface area contributed by atoms with Crippen LogP contribution in [0.25, 0.3) is 10.9 Å². The Balaban J connectivity index is 1.56. The molecule has 0 aliphatic carbocycles. The monoisotopic (exact) mass is 335 g/mol. The highest BCUT2D eigenvalue weighted by atomic mass is 16.7. The maximum Gasteiger partial charge on any atom is 0.257 e. The Morgan fingerprint density at radius 3 is 3.04 bits per heavy atom. The highest BCUT2D eigenvalue weighted by Gasteiger charge is 2.17. The van der Waals surface area contributed by atoms with Crippen molar-refractivity contribution in [3.8, 4) is 29.6 Å². The molecule has 0 spiro atoms. The van der Waals surface area contributed by atoms with Crippen molar-refractivity contribution >= 4 is 22.6 Å². The van der Waals surface area contributed by atoms with Crippen LogP contribution >= 0.6 is 0 Å². The van der Waals surface area contributed by atoms with Gasteiger partial charge in [-0.3, -0.25) is 9.89 Å². The smallest absolute Gasteiger partial charge is 0.257 e. The predicted molar refractivity (Wildman–Crippen MR) is 90.9 cm³/mol. The van der Waals surface area contributed by atoms with E-state index >= 15 is 0 Å². The first-order valence-electron chi connectivity index (χ1n) is 7.50. The van der Waals surface area contributed by atoms with Crippen LogP contribution in [0.3, 0.4) is 0 Å². The van der Waals surface area contributed by atoms with E-state index in [0.29, 0.717) is 28.6 Å². The molecule has 25 heavy (non-hydrogen) atoms. The van der Waals surface area contributed by atoms with Crippen molar-refractivity contribution in [3.63, 3.8) is 0 Å². The minimum Gasteiger partial charge on any atom is -0.481 e. The van der Waals surface area contributed by atoms with Gasteiger partial charge in [-0.25, -0.2) is 0 Å². The standard InChI is InChI=1S/C18H13N3O4/c1-2-7-23-12-4-5-13-14(9-12)20-21-17(13)19-18(22)11-3-6-15-16(8-11)25-10-24-15/h1,3-6,8-9H,7,10H2,(H2,19,20,21,22). The number of hydrogen-bond donors (Lipinski definition) is 2. The van der Waals surface area contributed by atoms with E-state index in [2.05, 4.69) is 21.4 Å². The quantitative estimate of drug-likeness (QED) is 0.716. The predicted octanol–water partition coefficient (Wildman–Crippen LogP) is 2.56. The Morgan fingerprint density at radius 1 is 1.28 bits per heavy atom. The first-order chi connectivity index (χ1) is 12.2. The van der Waals surface area contributed by atoms with Crippen molar-refractivity contribution in [2.45, 2.75) is 0 Å². The van der Waals surface area contributed by atoms with Crippen molar-refractivity contribution in [2.24, 2.45) is 0 Å². The molecule has 0 saturated carbocycles. The first-order valence-corrected chi connectivity index (χ1v) is 7.50. The van der Waals surface area contributed by atoms with Gasteiger partial charge in [-0.2, -0.15) is 5.10 Å². The molecule has 124 valence electrons. The van der Waals surface area contributed by atoms with Crippen LogP contribution in [0.1, 0.15) is 10.4 Å². The normalized spacial score (nSPS) is 12.0. The summed E-state index contributed by atoms with van der Waals surface area (Å²) in [5, 5.41) is 10.6. The van der Waals surface area contributed by atoms with Crippen molar-refractivity contribution in [1.82, 2.24) is 10.2 Å². The second kappa shape index (κ2) is 6.09. The molecule has 4 rings (SSSR count). The third-order valence-corrected chi connectivity index (χ3v) is 3.72. The van der Waals surface area contributed by atoms with E-state index in [1.54, 1.807) is 36.4 Å². The number of anilines is 1. The van der Waals surface area contributed by atoms with Crippen molar-refractivity contribution in [2.75, 3.05) is 18.7 Å². The Kier molecular flexibility index (Phi) is 3.63. The van der Waals surface area contributed by atoms with Crippen molar-refractivity contribution in [1.29, 1.82) is 0 Å². The number of hydrogen-bond acceptors (Lipinski definition) is 5. The van der Waals surface area contributed by atoms with E-state index in [1.807, 2.05) is 0 Å². The summed E-state index contributed by atoms with van der Waals surface area (Å²) in [4.78, 5) is 12.5. The van der Waals surface area contributed by atoms with E-state index in [9.17, 15) is 4.79 Å². The van der Waals surface area contributed by atoms with Gasteiger partial charge in [-0.1, -0.05) is 5.92 Å². The molecule has 2 aromatic carbocycles. The summed E-state index contributed by atoms with van der Waals surface area (Å²) >= 11 is 0. The lowest BCUT2D eigenvalue weighted by atomic mass is 10.2. The molecule has 0 bridgehead atoms. The number of aromatic nitrogens is 2. The average molecular weight is 335 g/mol. The Bertz CT molecular complexity index is 1000. The Morgan fingerprint density at radius 2 is 2.16 bits per heavy atom. The van der Waals surface area contributed by atoms with Crippen LogP contribution < -0.4 is 19.5 Å². The molecule has 1 aliphatic rings. The Hall–Kier alpha value is -3.66. The lowest BCUT2D eigenvalue weighted by Crippen LogP contribution is -2.12. The summed E-state index contributed by atoms with van der Waals surface area (Å²) in [7, 11) is 0. The summed E-state index contributed by atoms with van der Waals surface area (Å²) < 4.78 is 15.9. The molecule has 7 heteroatoms. The molecular formula is C18H13N3O4. The van der Waals surface area contributed by atoms with E-state index in [0.717, 1.165) is 10.9 Å². The Labute approximate surface area is 142 Å². The maximum atomic E-state index is 12.5. The highest BCUT2D eigenvalue weighted by molar-refractivity contribution is 6.08. The van der Waals surface area contributed by atoms with Gasteiger partial charge in [-0.15, -0.1) is 6.42 Å². The fourth-order valence-corrected chi connectivity index (χ4v) is 2.53. The van der Waals surface area contributed by atoms with Crippen molar-refractivity contribution in [3.05, 3.63) is 42.0 Å². The zero-order valence-electron chi connectivity index (χ0n) is 13.0. The van der Waals surface area contributed by atoms with Crippen LogP contribution in [0.2, 0.25) is 0 Å². The molecule has 1 aliphatic heterocycles. The van der Waals surface area contributed by atoms with Crippen LogP contribution in [0.5, 0.6) is 17.2 Å². The zero-order valence-corrected chi connectivity index (χ0v) is 13.0. The largest absolute Gasteiger partial charge is 0.481 e. The van der Waals surface area contributed by atoms with Crippen LogP contribution in [0.15, 0.2) is 36.4 Å². The van der Waals surface area contributed by atoms with Gasteiger partial charge in [0.1, 0.15) is 12.4 Å². The summed E-state index contributed by atoms with van der Waals surface area (Å²) in [6, 6.07) is 10.4. The lowest BCUT2D eigenvalue weighted by molar-refractivity contribution is 0.102. The number of carbonyl (C=O) groups is 1. The number of aromatic amines is 1. The van der Waals surface area contributed by atoms with Gasteiger partial charge >= 0.3 is 0 Å². The zero-order chi connectivity index (χ0) is 17.2. The third kappa shape index (κ3) is 2.81. The van der Waals surface area contributed by atoms with Gasteiger partial charge in [-0.05, 0) is 30.3 Å². The number of nitrogens with zero attached hydrogens (tertiary/aromatic N) is 1. The number of benzene rings is 2. The fraction of sp³-hybridized carbons (Fsp3) is 0.111. The fourth-order valence-electron chi connectivity index (χ4n) is 2.53. The van der Waals surface area contributed by atoms with Crippen LogP contribution in [0.4, 0.5) is 5.82 Å². The van der Waals surface area contributed by atoms with E-state index < -0.39 is 0 Å². The minimum absolute atomic E-state index is 0.161. The maximum absolute atomic E-state index is 12.5. The summed E-state index contributed by atoms with van der Waals surface area (Å²) in [6.07, 6.45) is 5.18. The molecule has 1 amide bonds. The number of terminal acetylenes is 1. The topological polar surface area (TPSA) is 85.5 Å². The van der Waals surface area contributed by atoms with Gasteiger partial charge in [0.15, 0.2) is 17.3 Å². The molecule has 0 atom stereocenters. The average Bonchev–Trinajstić information content (AvgIpc) is 3.26. The second-order valence-corrected chi connectivity index (χ2v) is 5.29. The van der Waals surface area contributed by atoms with Gasteiger partial charge in [0.05, 0.1) is 5.52 Å². The number of fused-ring (bicyclic) bond motifs is 2. The van der Waals surface area contributed by atoms with Gasteiger partial charge in [0.25, 0.3) is 5.91 Å². The number of rotatable bonds is 4. The summed E-state index contributed by atoms with van der Waals surface area (Å²) in [5.41, 5.74) is 1.19. The molecule has 2 N–H and O–H groups in total. The van der Waals surface area contributed by atoms with Gasteiger partial charge in [0.2, 0.25) is 6.79 Å². The van der Waals surface area contributed by atoms with Crippen LogP contribution in [-0.4, -0.2) is 29.5 Å². The molecule has 2 heterocycles. The van der Waals surface area contributed by atoms with Gasteiger partial charge in [0, 0.05) is 17.0 Å². The molecule has 1 aromatic heterocycles. The SMILES string of the molecule is C#CCOc1ccc2c(NC(=O)c3ccc4c(c3)OCO4)n[nH]c2c1.